The quantitative estimate of drug-likeness (QED) is 0.834. The van der Waals surface area contributed by atoms with Gasteiger partial charge >= 0.3 is 0 Å². The van der Waals surface area contributed by atoms with Crippen LogP contribution in [0, 0.1) is 11.8 Å². The molecule has 2 atom stereocenters. The second kappa shape index (κ2) is 4.83. The monoisotopic (exact) mass is 291 g/mol. The van der Waals surface area contributed by atoms with Crippen LogP contribution in [0.2, 0.25) is 5.15 Å². The van der Waals surface area contributed by atoms with Gasteiger partial charge in [-0.05, 0) is 18.3 Å². The molecule has 1 aliphatic heterocycles. The summed E-state index contributed by atoms with van der Waals surface area (Å²) in [4.78, 5) is 3.91. The molecule has 5 nitrogen and oxygen atoms in total. The maximum atomic E-state index is 12.5. The van der Waals surface area contributed by atoms with E-state index in [9.17, 15) is 8.42 Å². The lowest BCUT2D eigenvalue weighted by Crippen LogP contribution is -2.42. The predicted molar refractivity (Wildman–Crippen MR) is 69.9 cm³/mol. The summed E-state index contributed by atoms with van der Waals surface area (Å²) in [5.41, 5.74) is 0. The number of hydrogen-bond acceptors (Lipinski definition) is 3. The van der Waals surface area contributed by atoms with Crippen molar-refractivity contribution in [2.24, 2.45) is 18.9 Å². The van der Waals surface area contributed by atoms with Crippen LogP contribution in [0.1, 0.15) is 20.3 Å². The van der Waals surface area contributed by atoms with Gasteiger partial charge in [0, 0.05) is 20.1 Å². The molecular weight excluding hydrogens is 274 g/mol. The van der Waals surface area contributed by atoms with Crippen LogP contribution >= 0.6 is 11.6 Å². The van der Waals surface area contributed by atoms with Crippen molar-refractivity contribution in [3.8, 4) is 0 Å². The standard InChI is InChI=1S/C11H18ClN3O2S/c1-8-4-9(2)6-15(5-8)18(16,17)11-10(12)14(3)7-13-11/h7-9H,4-6H2,1-3H3. The van der Waals surface area contributed by atoms with Gasteiger partial charge in [-0.25, -0.2) is 13.4 Å². The van der Waals surface area contributed by atoms with E-state index in [1.165, 1.54) is 15.2 Å². The first-order valence-electron chi connectivity index (χ1n) is 5.99. The summed E-state index contributed by atoms with van der Waals surface area (Å²) in [6.45, 7) is 5.22. The average Bonchev–Trinajstić information content (AvgIpc) is 2.58. The molecule has 0 saturated carbocycles. The van der Waals surface area contributed by atoms with Crippen LogP contribution in [-0.4, -0.2) is 35.4 Å². The van der Waals surface area contributed by atoms with Crippen molar-refractivity contribution in [2.75, 3.05) is 13.1 Å². The maximum absolute atomic E-state index is 12.5. The molecule has 1 aromatic rings. The molecule has 0 N–H and O–H groups in total. The molecule has 0 bridgehead atoms. The van der Waals surface area contributed by atoms with Crippen LogP contribution in [0.3, 0.4) is 0 Å². The van der Waals surface area contributed by atoms with Gasteiger partial charge in [0.15, 0.2) is 0 Å². The summed E-state index contributed by atoms with van der Waals surface area (Å²) in [5.74, 6) is 0.733. The Labute approximate surface area is 113 Å². The summed E-state index contributed by atoms with van der Waals surface area (Å²) >= 11 is 5.98. The molecule has 1 fully saturated rings. The van der Waals surface area contributed by atoms with Crippen LogP contribution < -0.4 is 0 Å². The molecule has 1 aromatic heterocycles. The number of halogens is 1. The van der Waals surface area contributed by atoms with Crippen molar-refractivity contribution in [3.05, 3.63) is 11.5 Å². The van der Waals surface area contributed by atoms with Gasteiger partial charge in [0.2, 0.25) is 5.03 Å². The smallest absolute Gasteiger partial charge is 0.263 e. The Morgan fingerprint density at radius 1 is 1.33 bits per heavy atom. The third kappa shape index (κ3) is 2.41. The number of imidazole rings is 1. The van der Waals surface area contributed by atoms with E-state index in [2.05, 4.69) is 18.8 Å². The number of nitrogens with zero attached hydrogens (tertiary/aromatic N) is 3. The Morgan fingerprint density at radius 2 is 1.89 bits per heavy atom. The molecular formula is C11H18ClN3O2S. The third-order valence-electron chi connectivity index (χ3n) is 3.25. The van der Waals surface area contributed by atoms with Crippen molar-refractivity contribution < 1.29 is 8.42 Å². The van der Waals surface area contributed by atoms with Crippen LogP contribution in [0.15, 0.2) is 11.4 Å². The number of piperidine rings is 1. The molecule has 0 aromatic carbocycles. The van der Waals surface area contributed by atoms with E-state index in [0.717, 1.165) is 6.42 Å². The highest BCUT2D eigenvalue weighted by Gasteiger charge is 2.34. The van der Waals surface area contributed by atoms with E-state index in [0.29, 0.717) is 24.9 Å². The van der Waals surface area contributed by atoms with E-state index in [1.54, 1.807) is 7.05 Å². The second-order valence-electron chi connectivity index (χ2n) is 5.22. The molecule has 7 heteroatoms. The Morgan fingerprint density at radius 3 is 2.33 bits per heavy atom. The van der Waals surface area contributed by atoms with Gasteiger partial charge in [-0.15, -0.1) is 0 Å². The fourth-order valence-electron chi connectivity index (χ4n) is 2.49. The Bertz CT molecular complexity index is 530. The predicted octanol–water partition coefficient (Wildman–Crippen LogP) is 1.74. The Hall–Kier alpha value is -0.590. The lowest BCUT2D eigenvalue weighted by atomic mass is 9.94. The average molecular weight is 292 g/mol. The molecule has 0 amide bonds. The van der Waals surface area contributed by atoms with E-state index in [1.807, 2.05) is 0 Å². The minimum atomic E-state index is -3.57. The first-order chi connectivity index (χ1) is 8.32. The van der Waals surface area contributed by atoms with Gasteiger partial charge in [0.25, 0.3) is 10.0 Å². The van der Waals surface area contributed by atoms with Gasteiger partial charge in [0.1, 0.15) is 5.15 Å². The molecule has 2 rings (SSSR count). The Kier molecular flexibility index (Phi) is 3.71. The van der Waals surface area contributed by atoms with Crippen LogP contribution in [0.4, 0.5) is 0 Å². The van der Waals surface area contributed by atoms with Gasteiger partial charge in [-0.1, -0.05) is 25.4 Å². The summed E-state index contributed by atoms with van der Waals surface area (Å²) < 4.78 is 28.0. The largest absolute Gasteiger partial charge is 0.324 e. The molecule has 0 spiro atoms. The third-order valence-corrected chi connectivity index (χ3v) is 5.58. The summed E-state index contributed by atoms with van der Waals surface area (Å²) in [7, 11) is -1.89. The minimum Gasteiger partial charge on any atom is -0.324 e. The second-order valence-corrected chi connectivity index (χ2v) is 7.43. The van der Waals surface area contributed by atoms with Gasteiger partial charge in [-0.3, -0.25) is 0 Å². The fraction of sp³-hybridized carbons (Fsp3) is 0.727. The zero-order valence-electron chi connectivity index (χ0n) is 10.8. The number of aryl methyl sites for hydroxylation is 1. The van der Waals surface area contributed by atoms with Crippen LogP contribution in [-0.2, 0) is 17.1 Å². The van der Waals surface area contributed by atoms with E-state index < -0.39 is 10.0 Å². The SMILES string of the molecule is CC1CC(C)CN(S(=O)(=O)c2ncn(C)c2Cl)C1. The zero-order valence-corrected chi connectivity index (χ0v) is 12.4. The van der Waals surface area contributed by atoms with Gasteiger partial charge in [0.05, 0.1) is 6.33 Å². The Balaban J connectivity index is 2.34. The van der Waals surface area contributed by atoms with Crippen molar-refractivity contribution in [1.82, 2.24) is 13.9 Å². The fourth-order valence-corrected chi connectivity index (χ4v) is 4.56. The molecule has 2 unspecified atom stereocenters. The van der Waals surface area contributed by atoms with E-state index in [4.69, 9.17) is 11.6 Å². The summed E-state index contributed by atoms with van der Waals surface area (Å²) in [5, 5.41) is 0.133. The number of aromatic nitrogens is 2. The lowest BCUT2D eigenvalue weighted by Gasteiger charge is -2.33. The molecule has 1 aliphatic rings. The highest BCUT2D eigenvalue weighted by atomic mass is 35.5. The maximum Gasteiger partial charge on any atom is 0.263 e. The number of hydrogen-bond donors (Lipinski definition) is 0. The number of sulfonamides is 1. The topological polar surface area (TPSA) is 55.2 Å². The molecule has 0 aliphatic carbocycles. The van der Waals surface area contributed by atoms with Crippen molar-refractivity contribution in [2.45, 2.75) is 25.3 Å². The first kappa shape index (κ1) is 13.8. The summed E-state index contributed by atoms with van der Waals surface area (Å²) in [6, 6.07) is 0. The highest BCUT2D eigenvalue weighted by Crippen LogP contribution is 2.28. The number of rotatable bonds is 2. The molecule has 0 radical (unpaired) electrons. The van der Waals surface area contributed by atoms with Crippen molar-refractivity contribution in [1.29, 1.82) is 0 Å². The molecule has 18 heavy (non-hydrogen) atoms. The van der Waals surface area contributed by atoms with Crippen molar-refractivity contribution in [3.63, 3.8) is 0 Å². The molecule has 2 heterocycles. The molecule has 1 saturated heterocycles. The normalized spacial score (nSPS) is 26.4. The van der Waals surface area contributed by atoms with E-state index in [-0.39, 0.29) is 10.2 Å². The zero-order chi connectivity index (χ0) is 13.5. The molecule has 102 valence electrons. The van der Waals surface area contributed by atoms with Gasteiger partial charge in [-0.2, -0.15) is 4.31 Å². The summed E-state index contributed by atoms with van der Waals surface area (Å²) in [6.07, 6.45) is 2.48. The van der Waals surface area contributed by atoms with Gasteiger partial charge < -0.3 is 4.57 Å². The van der Waals surface area contributed by atoms with E-state index >= 15 is 0 Å². The highest BCUT2D eigenvalue weighted by molar-refractivity contribution is 7.89. The lowest BCUT2D eigenvalue weighted by molar-refractivity contribution is 0.222. The minimum absolute atomic E-state index is 0.0343. The van der Waals surface area contributed by atoms with Crippen molar-refractivity contribution >= 4 is 21.6 Å². The first-order valence-corrected chi connectivity index (χ1v) is 7.81. The van der Waals surface area contributed by atoms with Crippen LogP contribution in [0.25, 0.3) is 0 Å². The van der Waals surface area contributed by atoms with Crippen LogP contribution in [0.5, 0.6) is 0 Å².